The number of amidine groups is 1. The van der Waals surface area contributed by atoms with Crippen molar-refractivity contribution < 1.29 is 10.0 Å². The van der Waals surface area contributed by atoms with Gasteiger partial charge in [-0.05, 0) is 24.7 Å². The molecule has 4 N–H and O–H groups in total. The number of carbonyl (C=O) groups excluding carboxylic acids is 1. The standard InChI is InChI=1S/C13H25N3O2/c1-3-10(11(14)16-18)12(17)15-9-13(2)7-5-4-6-8-13/h10,18H,3-9H2,1-2H3,(H2,14,16)(H,15,17). The van der Waals surface area contributed by atoms with Gasteiger partial charge in [0.1, 0.15) is 0 Å². The number of hydrogen-bond acceptors (Lipinski definition) is 3. The quantitative estimate of drug-likeness (QED) is 0.303. The molecular formula is C13H25N3O2. The van der Waals surface area contributed by atoms with Crippen LogP contribution in [0.15, 0.2) is 5.16 Å². The molecule has 5 nitrogen and oxygen atoms in total. The van der Waals surface area contributed by atoms with Gasteiger partial charge in [-0.15, -0.1) is 0 Å². The van der Waals surface area contributed by atoms with Crippen LogP contribution in [0.1, 0.15) is 52.4 Å². The average Bonchev–Trinajstić information content (AvgIpc) is 2.38. The van der Waals surface area contributed by atoms with E-state index >= 15 is 0 Å². The van der Waals surface area contributed by atoms with Crippen molar-refractivity contribution in [2.45, 2.75) is 52.4 Å². The molecule has 0 radical (unpaired) electrons. The van der Waals surface area contributed by atoms with Gasteiger partial charge in [-0.2, -0.15) is 0 Å². The maximum Gasteiger partial charge on any atom is 0.230 e. The van der Waals surface area contributed by atoms with Crippen molar-refractivity contribution in [1.82, 2.24) is 5.32 Å². The predicted octanol–water partition coefficient (Wildman–Crippen LogP) is 1.85. The lowest BCUT2D eigenvalue weighted by molar-refractivity contribution is -0.123. The Morgan fingerprint density at radius 2 is 2.06 bits per heavy atom. The van der Waals surface area contributed by atoms with Crippen LogP contribution in [-0.4, -0.2) is 23.5 Å². The fourth-order valence-electron chi connectivity index (χ4n) is 2.60. The molecule has 1 fully saturated rings. The summed E-state index contributed by atoms with van der Waals surface area (Å²) in [5.74, 6) is -0.675. The minimum atomic E-state index is -0.526. The Balaban J connectivity index is 2.49. The van der Waals surface area contributed by atoms with Gasteiger partial charge in [0.05, 0.1) is 5.92 Å². The number of nitrogens with one attached hydrogen (secondary N) is 1. The summed E-state index contributed by atoms with van der Waals surface area (Å²) in [6.07, 6.45) is 6.64. The Labute approximate surface area is 109 Å². The molecule has 0 aromatic heterocycles. The molecule has 1 unspecified atom stereocenters. The summed E-state index contributed by atoms with van der Waals surface area (Å²) < 4.78 is 0. The fraction of sp³-hybridized carbons (Fsp3) is 0.846. The van der Waals surface area contributed by atoms with Crippen molar-refractivity contribution in [3.05, 3.63) is 0 Å². The highest BCUT2D eigenvalue weighted by Crippen LogP contribution is 2.34. The van der Waals surface area contributed by atoms with Crippen molar-refractivity contribution in [2.24, 2.45) is 22.2 Å². The van der Waals surface area contributed by atoms with E-state index in [9.17, 15) is 4.79 Å². The summed E-state index contributed by atoms with van der Waals surface area (Å²) in [7, 11) is 0. The molecule has 0 saturated heterocycles. The highest BCUT2D eigenvalue weighted by atomic mass is 16.4. The van der Waals surface area contributed by atoms with Gasteiger partial charge in [0.2, 0.25) is 5.91 Å². The van der Waals surface area contributed by atoms with Crippen molar-refractivity contribution in [3.63, 3.8) is 0 Å². The normalized spacial score (nSPS) is 21.3. The van der Waals surface area contributed by atoms with Crippen LogP contribution in [0, 0.1) is 11.3 Å². The van der Waals surface area contributed by atoms with E-state index in [1.165, 1.54) is 19.3 Å². The molecule has 1 rings (SSSR count). The number of hydrogen-bond donors (Lipinski definition) is 3. The van der Waals surface area contributed by atoms with Gasteiger partial charge >= 0.3 is 0 Å². The molecule has 104 valence electrons. The maximum atomic E-state index is 12.0. The van der Waals surface area contributed by atoms with Gasteiger partial charge in [0.15, 0.2) is 5.84 Å². The molecule has 5 heteroatoms. The lowest BCUT2D eigenvalue weighted by atomic mass is 9.75. The summed E-state index contributed by atoms with van der Waals surface area (Å²) in [4.78, 5) is 12.0. The third-order valence-corrected chi connectivity index (χ3v) is 3.95. The Morgan fingerprint density at radius 1 is 1.44 bits per heavy atom. The van der Waals surface area contributed by atoms with Gasteiger partial charge in [0, 0.05) is 6.54 Å². The van der Waals surface area contributed by atoms with Crippen LogP contribution in [0.2, 0.25) is 0 Å². The second-order valence-electron chi connectivity index (χ2n) is 5.57. The maximum absolute atomic E-state index is 12.0. The van der Waals surface area contributed by atoms with Crippen molar-refractivity contribution in [3.8, 4) is 0 Å². The number of amides is 1. The van der Waals surface area contributed by atoms with Crippen LogP contribution >= 0.6 is 0 Å². The topological polar surface area (TPSA) is 87.7 Å². The Bertz CT molecular complexity index is 309. The lowest BCUT2D eigenvalue weighted by Crippen LogP contribution is -2.43. The number of rotatable bonds is 5. The molecule has 0 bridgehead atoms. The second-order valence-corrected chi connectivity index (χ2v) is 5.57. The molecule has 1 aliphatic rings. The highest BCUT2D eigenvalue weighted by molar-refractivity contribution is 6.01. The first kappa shape index (κ1) is 14.8. The Kier molecular flexibility index (Phi) is 5.44. The van der Waals surface area contributed by atoms with E-state index in [1.807, 2.05) is 6.92 Å². The smallest absolute Gasteiger partial charge is 0.230 e. The van der Waals surface area contributed by atoms with E-state index in [4.69, 9.17) is 10.9 Å². The zero-order valence-electron chi connectivity index (χ0n) is 11.4. The molecule has 18 heavy (non-hydrogen) atoms. The third kappa shape index (κ3) is 3.89. The minimum absolute atomic E-state index is 0.0104. The van der Waals surface area contributed by atoms with Crippen LogP contribution in [0.3, 0.4) is 0 Å². The van der Waals surface area contributed by atoms with Crippen LogP contribution < -0.4 is 11.1 Å². The molecule has 1 atom stereocenters. The number of nitrogens with two attached hydrogens (primary N) is 1. The SMILES string of the molecule is CCC(C(=O)NCC1(C)CCCCC1)C(N)=NO. The first-order chi connectivity index (χ1) is 8.52. The van der Waals surface area contributed by atoms with Crippen molar-refractivity contribution in [2.75, 3.05) is 6.54 Å². The predicted molar refractivity (Wildman–Crippen MR) is 71.4 cm³/mol. The van der Waals surface area contributed by atoms with Crippen molar-refractivity contribution >= 4 is 11.7 Å². The molecule has 0 aromatic carbocycles. The average molecular weight is 255 g/mol. The number of oxime groups is 1. The monoisotopic (exact) mass is 255 g/mol. The summed E-state index contributed by atoms with van der Waals surface area (Å²) >= 11 is 0. The van der Waals surface area contributed by atoms with E-state index < -0.39 is 5.92 Å². The number of carbonyl (C=O) groups is 1. The minimum Gasteiger partial charge on any atom is -0.409 e. The Morgan fingerprint density at radius 3 is 2.56 bits per heavy atom. The molecule has 0 aromatic rings. The van der Waals surface area contributed by atoms with E-state index in [2.05, 4.69) is 17.4 Å². The molecule has 0 spiro atoms. The summed E-state index contributed by atoms with van der Waals surface area (Å²) in [5.41, 5.74) is 5.72. The highest BCUT2D eigenvalue weighted by Gasteiger charge is 2.29. The van der Waals surface area contributed by atoms with Crippen LogP contribution in [0.5, 0.6) is 0 Å². The molecule has 1 aliphatic carbocycles. The fourth-order valence-corrected chi connectivity index (χ4v) is 2.60. The van der Waals surface area contributed by atoms with Gasteiger partial charge in [0.25, 0.3) is 0 Å². The van der Waals surface area contributed by atoms with E-state index in [1.54, 1.807) is 0 Å². The molecule has 1 amide bonds. The summed E-state index contributed by atoms with van der Waals surface area (Å²) in [6.45, 7) is 4.75. The largest absolute Gasteiger partial charge is 0.409 e. The van der Waals surface area contributed by atoms with Crippen LogP contribution in [0.4, 0.5) is 0 Å². The van der Waals surface area contributed by atoms with E-state index in [0.717, 1.165) is 12.8 Å². The van der Waals surface area contributed by atoms with Crippen molar-refractivity contribution in [1.29, 1.82) is 0 Å². The summed E-state index contributed by atoms with van der Waals surface area (Å²) in [6, 6.07) is 0. The van der Waals surface area contributed by atoms with Crippen LogP contribution in [0.25, 0.3) is 0 Å². The third-order valence-electron chi connectivity index (χ3n) is 3.95. The molecular weight excluding hydrogens is 230 g/mol. The van der Waals surface area contributed by atoms with Gasteiger partial charge in [-0.3, -0.25) is 4.79 Å². The first-order valence-corrected chi connectivity index (χ1v) is 6.77. The number of nitrogens with zero attached hydrogens (tertiary/aromatic N) is 1. The zero-order chi connectivity index (χ0) is 13.6. The van der Waals surface area contributed by atoms with E-state index in [0.29, 0.717) is 13.0 Å². The first-order valence-electron chi connectivity index (χ1n) is 6.77. The van der Waals surface area contributed by atoms with Crippen LogP contribution in [-0.2, 0) is 4.79 Å². The second kappa shape index (κ2) is 6.61. The zero-order valence-corrected chi connectivity index (χ0v) is 11.4. The van der Waals surface area contributed by atoms with Gasteiger partial charge < -0.3 is 16.3 Å². The molecule has 0 heterocycles. The molecule has 0 aliphatic heterocycles. The van der Waals surface area contributed by atoms with E-state index in [-0.39, 0.29) is 17.2 Å². The van der Waals surface area contributed by atoms with Gasteiger partial charge in [-0.25, -0.2) is 0 Å². The Hall–Kier alpha value is -1.26. The van der Waals surface area contributed by atoms with Gasteiger partial charge in [-0.1, -0.05) is 38.3 Å². The molecule has 1 saturated carbocycles. The summed E-state index contributed by atoms with van der Waals surface area (Å²) in [5, 5.41) is 14.5. The lowest BCUT2D eigenvalue weighted by Gasteiger charge is -2.34.